The largest absolute Gasteiger partial charge is 0.491 e. The molecule has 22 heavy (non-hydrogen) atoms. The summed E-state index contributed by atoms with van der Waals surface area (Å²) in [4.78, 5) is 13.9. The first-order chi connectivity index (χ1) is 10.4. The second-order valence-corrected chi connectivity index (χ2v) is 6.79. The molecule has 122 valence electrons. The number of nitrogens with zero attached hydrogens (tertiary/aromatic N) is 1. The van der Waals surface area contributed by atoms with Crippen molar-refractivity contribution < 1.29 is 14.6 Å². The van der Waals surface area contributed by atoms with Gasteiger partial charge in [-0.1, -0.05) is 11.6 Å². The van der Waals surface area contributed by atoms with Gasteiger partial charge >= 0.3 is 6.03 Å². The van der Waals surface area contributed by atoms with Crippen molar-refractivity contribution in [2.45, 2.75) is 25.9 Å². The number of ether oxygens (including phenoxy) is 1. The molecule has 0 atom stereocenters. The molecule has 0 heterocycles. The van der Waals surface area contributed by atoms with Crippen molar-refractivity contribution in [2.75, 3.05) is 25.5 Å². The standard InChI is InChI=1S/C15H20BrClN2O3/c1-3-22-14-12(16)6-10(17)7-13(14)18-15(21)19(2)8-9-4-11(20)5-9/h6-7,9,11,20H,3-5,8H2,1-2H3,(H,18,21). The average Bonchev–Trinajstić information content (AvgIpc) is 2.40. The summed E-state index contributed by atoms with van der Waals surface area (Å²) in [6.07, 6.45) is 1.30. The molecule has 1 aromatic carbocycles. The molecule has 2 N–H and O–H groups in total. The minimum Gasteiger partial charge on any atom is -0.491 e. The van der Waals surface area contributed by atoms with E-state index in [1.165, 1.54) is 0 Å². The number of benzene rings is 1. The molecule has 1 aromatic rings. The van der Waals surface area contributed by atoms with Crippen LogP contribution in [0.5, 0.6) is 5.75 Å². The first kappa shape index (κ1) is 17.4. The van der Waals surface area contributed by atoms with Crippen molar-refractivity contribution in [2.24, 2.45) is 5.92 Å². The predicted molar refractivity (Wildman–Crippen MR) is 90.7 cm³/mol. The Kier molecular flexibility index (Phi) is 5.94. The third-order valence-electron chi connectivity index (χ3n) is 3.63. The van der Waals surface area contributed by atoms with E-state index in [1.54, 1.807) is 24.1 Å². The van der Waals surface area contributed by atoms with Gasteiger partial charge in [-0.3, -0.25) is 0 Å². The van der Waals surface area contributed by atoms with Gasteiger partial charge in [-0.25, -0.2) is 4.79 Å². The Morgan fingerprint density at radius 1 is 1.55 bits per heavy atom. The molecule has 2 amide bonds. The smallest absolute Gasteiger partial charge is 0.321 e. The third-order valence-corrected chi connectivity index (χ3v) is 4.44. The number of carbonyl (C=O) groups is 1. The maximum absolute atomic E-state index is 12.3. The van der Waals surface area contributed by atoms with Crippen molar-refractivity contribution in [3.8, 4) is 5.75 Å². The molecule has 5 nitrogen and oxygen atoms in total. The summed E-state index contributed by atoms with van der Waals surface area (Å²) in [6.45, 7) is 2.98. The first-order valence-corrected chi connectivity index (χ1v) is 8.39. The van der Waals surface area contributed by atoms with Gasteiger partial charge in [0.1, 0.15) is 0 Å². The number of aliphatic hydroxyl groups is 1. The van der Waals surface area contributed by atoms with Crippen molar-refractivity contribution >= 4 is 39.2 Å². The van der Waals surface area contributed by atoms with Gasteiger partial charge < -0.3 is 20.1 Å². The van der Waals surface area contributed by atoms with E-state index in [0.717, 1.165) is 12.8 Å². The molecule has 0 saturated heterocycles. The van der Waals surface area contributed by atoms with Crippen molar-refractivity contribution in [3.63, 3.8) is 0 Å². The van der Waals surface area contributed by atoms with Crippen LogP contribution in [-0.4, -0.2) is 42.3 Å². The second kappa shape index (κ2) is 7.53. The van der Waals surface area contributed by atoms with E-state index in [-0.39, 0.29) is 12.1 Å². The van der Waals surface area contributed by atoms with Crippen LogP contribution in [0.1, 0.15) is 19.8 Å². The fraction of sp³-hybridized carbons (Fsp3) is 0.533. The lowest BCUT2D eigenvalue weighted by molar-refractivity contribution is 0.0332. The summed E-state index contributed by atoms with van der Waals surface area (Å²) >= 11 is 9.43. The highest BCUT2D eigenvalue weighted by Crippen LogP contribution is 2.37. The summed E-state index contributed by atoms with van der Waals surface area (Å²) in [7, 11) is 1.74. The lowest BCUT2D eigenvalue weighted by Crippen LogP contribution is -2.41. The van der Waals surface area contributed by atoms with E-state index in [4.69, 9.17) is 16.3 Å². The number of hydrogen-bond donors (Lipinski definition) is 2. The van der Waals surface area contributed by atoms with Crippen LogP contribution >= 0.6 is 27.5 Å². The summed E-state index contributed by atoms with van der Waals surface area (Å²) in [5.41, 5.74) is 0.534. The summed E-state index contributed by atoms with van der Waals surface area (Å²) < 4.78 is 6.26. The lowest BCUT2D eigenvalue weighted by atomic mass is 9.82. The van der Waals surface area contributed by atoms with Crippen LogP contribution in [0.15, 0.2) is 16.6 Å². The average molecular weight is 392 g/mol. The molecule has 0 unspecified atom stereocenters. The van der Waals surface area contributed by atoms with Crippen LogP contribution < -0.4 is 10.1 Å². The Bertz CT molecular complexity index is 550. The van der Waals surface area contributed by atoms with Gasteiger partial charge in [0, 0.05) is 18.6 Å². The molecule has 7 heteroatoms. The van der Waals surface area contributed by atoms with Crippen LogP contribution in [0.4, 0.5) is 10.5 Å². The number of anilines is 1. The Balaban J connectivity index is 2.03. The van der Waals surface area contributed by atoms with Gasteiger partial charge in [-0.05, 0) is 53.7 Å². The number of halogens is 2. The molecule has 2 rings (SSSR count). The van der Waals surface area contributed by atoms with Gasteiger partial charge in [0.15, 0.2) is 5.75 Å². The Morgan fingerprint density at radius 3 is 2.82 bits per heavy atom. The molecule has 1 fully saturated rings. The van der Waals surface area contributed by atoms with E-state index in [0.29, 0.717) is 40.0 Å². The van der Waals surface area contributed by atoms with Gasteiger partial charge in [-0.2, -0.15) is 0 Å². The van der Waals surface area contributed by atoms with E-state index in [9.17, 15) is 9.90 Å². The van der Waals surface area contributed by atoms with E-state index < -0.39 is 0 Å². The SMILES string of the molecule is CCOc1c(Br)cc(Cl)cc1NC(=O)N(C)CC1CC(O)C1. The number of hydrogen-bond acceptors (Lipinski definition) is 3. The molecular formula is C15H20BrClN2O3. The zero-order valence-corrected chi connectivity index (χ0v) is 14.9. The number of urea groups is 1. The zero-order valence-electron chi connectivity index (χ0n) is 12.6. The third kappa shape index (κ3) is 4.27. The van der Waals surface area contributed by atoms with Crippen LogP contribution in [-0.2, 0) is 0 Å². The molecule has 0 aliphatic heterocycles. The molecular weight excluding hydrogens is 372 g/mol. The van der Waals surface area contributed by atoms with Crippen LogP contribution in [0.2, 0.25) is 5.02 Å². The molecule has 0 radical (unpaired) electrons. The van der Waals surface area contributed by atoms with E-state index >= 15 is 0 Å². The molecule has 1 saturated carbocycles. The molecule has 0 bridgehead atoms. The second-order valence-electron chi connectivity index (χ2n) is 5.50. The number of nitrogens with one attached hydrogen (secondary N) is 1. The van der Waals surface area contributed by atoms with E-state index in [1.807, 2.05) is 6.92 Å². The minimum absolute atomic E-state index is 0.213. The Morgan fingerprint density at radius 2 is 2.23 bits per heavy atom. The van der Waals surface area contributed by atoms with Gasteiger partial charge in [0.25, 0.3) is 0 Å². The van der Waals surface area contributed by atoms with Crippen molar-refractivity contribution in [1.29, 1.82) is 0 Å². The van der Waals surface area contributed by atoms with Crippen LogP contribution in [0.3, 0.4) is 0 Å². The summed E-state index contributed by atoms with van der Waals surface area (Å²) in [5.74, 6) is 0.927. The van der Waals surface area contributed by atoms with Crippen LogP contribution in [0.25, 0.3) is 0 Å². The minimum atomic E-state index is -0.225. The number of aliphatic hydroxyl groups excluding tert-OH is 1. The highest BCUT2D eigenvalue weighted by Gasteiger charge is 2.29. The van der Waals surface area contributed by atoms with E-state index in [2.05, 4.69) is 21.2 Å². The first-order valence-electron chi connectivity index (χ1n) is 7.22. The number of rotatable bonds is 5. The predicted octanol–water partition coefficient (Wildman–Crippen LogP) is 3.74. The van der Waals surface area contributed by atoms with Gasteiger partial charge in [0.05, 0.1) is 22.9 Å². The maximum Gasteiger partial charge on any atom is 0.321 e. The Hall–Kier alpha value is -0.980. The van der Waals surface area contributed by atoms with Gasteiger partial charge in [0.2, 0.25) is 0 Å². The quantitative estimate of drug-likeness (QED) is 0.804. The zero-order chi connectivity index (χ0) is 16.3. The fourth-order valence-corrected chi connectivity index (χ4v) is 3.40. The highest BCUT2D eigenvalue weighted by molar-refractivity contribution is 9.10. The monoisotopic (exact) mass is 390 g/mol. The van der Waals surface area contributed by atoms with Crippen LogP contribution in [0, 0.1) is 5.92 Å². The molecule has 0 spiro atoms. The topological polar surface area (TPSA) is 61.8 Å². The summed E-state index contributed by atoms with van der Waals surface area (Å²) in [5, 5.41) is 12.6. The highest BCUT2D eigenvalue weighted by atomic mass is 79.9. The fourth-order valence-electron chi connectivity index (χ4n) is 2.47. The Labute approximate surface area is 143 Å². The maximum atomic E-state index is 12.3. The molecule has 1 aliphatic rings. The normalized spacial score (nSPS) is 20.2. The summed E-state index contributed by atoms with van der Waals surface area (Å²) in [6, 6.07) is 3.16. The lowest BCUT2D eigenvalue weighted by Gasteiger charge is -2.34. The molecule has 0 aromatic heterocycles. The number of amides is 2. The number of carbonyl (C=O) groups excluding carboxylic acids is 1. The van der Waals surface area contributed by atoms with Gasteiger partial charge in [-0.15, -0.1) is 0 Å². The van der Waals surface area contributed by atoms with Crippen molar-refractivity contribution in [1.82, 2.24) is 4.90 Å². The van der Waals surface area contributed by atoms with Crippen molar-refractivity contribution in [3.05, 3.63) is 21.6 Å². The molecule has 1 aliphatic carbocycles.